The zero-order chi connectivity index (χ0) is 16.3. The number of amides is 1. The monoisotopic (exact) mass is 327 g/mol. The van der Waals surface area contributed by atoms with Crippen LogP contribution in [0.3, 0.4) is 0 Å². The van der Waals surface area contributed by atoms with Crippen molar-refractivity contribution in [1.82, 2.24) is 4.90 Å². The van der Waals surface area contributed by atoms with E-state index in [1.807, 2.05) is 54.4 Å². The van der Waals surface area contributed by atoms with Crippen molar-refractivity contribution in [2.45, 2.75) is 11.2 Å². The highest BCUT2D eigenvalue weighted by atomic mass is 32.2. The highest BCUT2D eigenvalue weighted by Gasteiger charge is 2.46. The zero-order valence-electron chi connectivity index (χ0n) is 13.5. The standard InChI is InChI=1S/C19H21NO2S/c1-20-12-13-23-19(18(20)21,14-15-8-4-3-5-9-15)16-10-6-7-11-17(16)22-2/h3-11H,12-14H2,1-2H3. The summed E-state index contributed by atoms with van der Waals surface area (Å²) in [4.78, 5) is 15.0. The first-order chi connectivity index (χ1) is 11.2. The molecular formula is C19H21NO2S. The fraction of sp³-hybridized carbons (Fsp3) is 0.316. The van der Waals surface area contributed by atoms with Crippen molar-refractivity contribution in [2.75, 3.05) is 26.5 Å². The second-order valence-corrected chi connectivity index (χ2v) is 7.16. The van der Waals surface area contributed by atoms with Gasteiger partial charge in [-0.25, -0.2) is 0 Å². The Morgan fingerprint density at radius 3 is 2.57 bits per heavy atom. The fourth-order valence-electron chi connectivity index (χ4n) is 3.10. The van der Waals surface area contributed by atoms with Crippen molar-refractivity contribution in [3.8, 4) is 5.75 Å². The smallest absolute Gasteiger partial charge is 0.243 e. The molecule has 120 valence electrons. The van der Waals surface area contributed by atoms with Gasteiger partial charge in [-0.2, -0.15) is 0 Å². The molecule has 0 aliphatic carbocycles. The van der Waals surface area contributed by atoms with Crippen molar-refractivity contribution in [1.29, 1.82) is 0 Å². The first-order valence-corrected chi connectivity index (χ1v) is 8.73. The highest BCUT2D eigenvalue weighted by molar-refractivity contribution is 8.01. The van der Waals surface area contributed by atoms with Crippen LogP contribution in [0.25, 0.3) is 0 Å². The molecular weight excluding hydrogens is 306 g/mol. The summed E-state index contributed by atoms with van der Waals surface area (Å²) in [6.45, 7) is 0.787. The third-order valence-electron chi connectivity index (χ3n) is 4.31. The Kier molecular flexibility index (Phi) is 4.62. The largest absolute Gasteiger partial charge is 0.496 e. The summed E-state index contributed by atoms with van der Waals surface area (Å²) in [7, 11) is 3.55. The van der Waals surface area contributed by atoms with Gasteiger partial charge in [0.1, 0.15) is 10.5 Å². The summed E-state index contributed by atoms with van der Waals surface area (Å²) in [5, 5.41) is 0. The maximum absolute atomic E-state index is 13.2. The lowest BCUT2D eigenvalue weighted by atomic mass is 9.88. The molecule has 4 heteroatoms. The lowest BCUT2D eigenvalue weighted by molar-refractivity contribution is -0.133. The maximum Gasteiger partial charge on any atom is 0.243 e. The average Bonchev–Trinajstić information content (AvgIpc) is 2.60. The van der Waals surface area contributed by atoms with E-state index in [9.17, 15) is 4.79 Å². The van der Waals surface area contributed by atoms with Crippen LogP contribution in [0.4, 0.5) is 0 Å². The molecule has 3 nitrogen and oxygen atoms in total. The molecule has 2 aromatic rings. The minimum atomic E-state index is -0.624. The van der Waals surface area contributed by atoms with Crippen molar-refractivity contribution < 1.29 is 9.53 Å². The van der Waals surface area contributed by atoms with E-state index in [2.05, 4.69) is 12.1 Å². The van der Waals surface area contributed by atoms with Crippen LogP contribution < -0.4 is 4.74 Å². The molecule has 2 aromatic carbocycles. The number of nitrogens with zero attached hydrogens (tertiary/aromatic N) is 1. The molecule has 3 rings (SSSR count). The molecule has 1 atom stereocenters. The Balaban J connectivity index is 2.12. The van der Waals surface area contributed by atoms with E-state index in [1.54, 1.807) is 18.9 Å². The van der Waals surface area contributed by atoms with Crippen molar-refractivity contribution in [3.05, 3.63) is 65.7 Å². The lowest BCUT2D eigenvalue weighted by Gasteiger charge is -2.40. The average molecular weight is 327 g/mol. The molecule has 0 aromatic heterocycles. The van der Waals surface area contributed by atoms with Crippen molar-refractivity contribution in [3.63, 3.8) is 0 Å². The molecule has 0 saturated carbocycles. The topological polar surface area (TPSA) is 29.5 Å². The third kappa shape index (κ3) is 2.95. The number of hydrogen-bond acceptors (Lipinski definition) is 3. The van der Waals surface area contributed by atoms with E-state index in [-0.39, 0.29) is 5.91 Å². The maximum atomic E-state index is 13.2. The highest BCUT2D eigenvalue weighted by Crippen LogP contribution is 2.47. The molecule has 1 unspecified atom stereocenters. The molecule has 1 fully saturated rings. The Bertz CT molecular complexity index is 689. The molecule has 1 heterocycles. The number of benzene rings is 2. The van der Waals surface area contributed by atoms with E-state index in [0.717, 1.165) is 29.2 Å². The Hall–Kier alpha value is -1.94. The minimum absolute atomic E-state index is 0.155. The number of hydrogen-bond donors (Lipinski definition) is 0. The van der Waals surface area contributed by atoms with E-state index >= 15 is 0 Å². The molecule has 0 spiro atoms. The van der Waals surface area contributed by atoms with Crippen LogP contribution in [-0.2, 0) is 16.0 Å². The second-order valence-electron chi connectivity index (χ2n) is 5.76. The summed E-state index contributed by atoms with van der Waals surface area (Å²) in [6, 6.07) is 18.1. The summed E-state index contributed by atoms with van der Waals surface area (Å²) >= 11 is 1.73. The first kappa shape index (κ1) is 15.9. The predicted molar refractivity (Wildman–Crippen MR) is 94.9 cm³/mol. The number of carbonyl (C=O) groups is 1. The van der Waals surface area contributed by atoms with E-state index in [4.69, 9.17) is 4.74 Å². The summed E-state index contributed by atoms with van der Waals surface area (Å²) in [6.07, 6.45) is 0.669. The van der Waals surface area contributed by atoms with Crippen LogP contribution in [0, 0.1) is 0 Å². The summed E-state index contributed by atoms with van der Waals surface area (Å²) in [5.41, 5.74) is 2.13. The number of rotatable bonds is 4. The van der Waals surface area contributed by atoms with E-state index in [0.29, 0.717) is 6.42 Å². The molecule has 1 saturated heterocycles. The third-order valence-corrected chi connectivity index (χ3v) is 5.72. The van der Waals surface area contributed by atoms with Crippen molar-refractivity contribution >= 4 is 17.7 Å². The molecule has 1 amide bonds. The van der Waals surface area contributed by atoms with Gasteiger partial charge < -0.3 is 9.64 Å². The normalized spacial score (nSPS) is 21.3. The number of ether oxygens (including phenoxy) is 1. The number of likely N-dealkylation sites (N-methyl/N-ethyl adjacent to an activating group) is 1. The second kappa shape index (κ2) is 6.67. The van der Waals surface area contributed by atoms with Gasteiger partial charge in [0.05, 0.1) is 7.11 Å². The Morgan fingerprint density at radius 2 is 1.83 bits per heavy atom. The Labute approximate surface area is 141 Å². The SMILES string of the molecule is COc1ccccc1C1(Cc2ccccc2)SCCN(C)C1=O. The van der Waals surface area contributed by atoms with Gasteiger partial charge in [0.25, 0.3) is 0 Å². The number of methoxy groups -OCH3 is 1. The Morgan fingerprint density at radius 1 is 1.13 bits per heavy atom. The van der Waals surface area contributed by atoms with Crippen LogP contribution in [-0.4, -0.2) is 37.3 Å². The van der Waals surface area contributed by atoms with Crippen molar-refractivity contribution in [2.24, 2.45) is 0 Å². The van der Waals surface area contributed by atoms with Gasteiger partial charge in [0, 0.05) is 31.3 Å². The number of carbonyl (C=O) groups excluding carboxylic acids is 1. The molecule has 1 aliphatic rings. The lowest BCUT2D eigenvalue weighted by Crippen LogP contribution is -2.49. The van der Waals surface area contributed by atoms with Crippen LogP contribution in [0.15, 0.2) is 54.6 Å². The molecule has 23 heavy (non-hydrogen) atoms. The van der Waals surface area contributed by atoms with Gasteiger partial charge in [0.15, 0.2) is 0 Å². The zero-order valence-corrected chi connectivity index (χ0v) is 14.3. The van der Waals surface area contributed by atoms with E-state index in [1.165, 1.54) is 0 Å². The first-order valence-electron chi connectivity index (χ1n) is 7.74. The molecule has 0 radical (unpaired) electrons. The van der Waals surface area contributed by atoms with Crippen LogP contribution in [0.1, 0.15) is 11.1 Å². The predicted octanol–water partition coefficient (Wildman–Crippen LogP) is 3.34. The number of thioether (sulfide) groups is 1. The van der Waals surface area contributed by atoms with Gasteiger partial charge in [-0.3, -0.25) is 4.79 Å². The van der Waals surface area contributed by atoms with Gasteiger partial charge in [-0.15, -0.1) is 11.8 Å². The van der Waals surface area contributed by atoms with Gasteiger partial charge in [-0.1, -0.05) is 48.5 Å². The summed E-state index contributed by atoms with van der Waals surface area (Å²) < 4.78 is 4.94. The van der Waals surface area contributed by atoms with Crippen LogP contribution in [0.5, 0.6) is 5.75 Å². The van der Waals surface area contributed by atoms with Gasteiger partial charge in [-0.05, 0) is 11.6 Å². The minimum Gasteiger partial charge on any atom is -0.496 e. The fourth-order valence-corrected chi connectivity index (χ4v) is 4.69. The van der Waals surface area contributed by atoms with Crippen LogP contribution >= 0.6 is 11.8 Å². The van der Waals surface area contributed by atoms with Gasteiger partial charge in [0.2, 0.25) is 5.91 Å². The van der Waals surface area contributed by atoms with Gasteiger partial charge >= 0.3 is 0 Å². The quantitative estimate of drug-likeness (QED) is 0.862. The van der Waals surface area contributed by atoms with Crippen LogP contribution in [0.2, 0.25) is 0 Å². The molecule has 0 bridgehead atoms. The molecule has 0 N–H and O–H groups in total. The summed E-state index contributed by atoms with van der Waals surface area (Å²) in [5.74, 6) is 1.86. The number of para-hydroxylation sites is 1. The molecule has 1 aliphatic heterocycles. The van der Waals surface area contributed by atoms with E-state index < -0.39 is 4.75 Å².